The van der Waals surface area contributed by atoms with Gasteiger partial charge < -0.3 is 15.4 Å². The third-order valence-corrected chi connectivity index (χ3v) is 4.07. The molecule has 1 heterocycles. The maximum atomic E-state index is 5.99. The van der Waals surface area contributed by atoms with Crippen LogP contribution in [0.3, 0.4) is 0 Å². The summed E-state index contributed by atoms with van der Waals surface area (Å²) in [5.41, 5.74) is 8.66. The van der Waals surface area contributed by atoms with Gasteiger partial charge in [0.05, 0.1) is 7.11 Å². The van der Waals surface area contributed by atoms with E-state index in [-0.39, 0.29) is 0 Å². The monoisotopic (exact) mass is 277 g/mol. The van der Waals surface area contributed by atoms with Crippen LogP contribution >= 0.6 is 0 Å². The molecule has 0 radical (unpaired) electrons. The molecule has 0 fully saturated rings. The lowest BCUT2D eigenvalue weighted by atomic mass is 10.0. The van der Waals surface area contributed by atoms with Crippen molar-refractivity contribution in [2.75, 3.05) is 40.8 Å². The van der Waals surface area contributed by atoms with Crippen LogP contribution in [0.5, 0.6) is 5.75 Å². The topological polar surface area (TPSA) is 41.7 Å². The molecule has 0 aliphatic carbocycles. The molecule has 4 heteroatoms. The van der Waals surface area contributed by atoms with E-state index in [1.54, 1.807) is 7.11 Å². The van der Waals surface area contributed by atoms with E-state index in [0.717, 1.165) is 25.4 Å². The lowest BCUT2D eigenvalue weighted by Gasteiger charge is -2.23. The highest BCUT2D eigenvalue weighted by Crippen LogP contribution is 2.38. The Balaban J connectivity index is 1.99. The molecule has 0 saturated heterocycles. The van der Waals surface area contributed by atoms with Crippen LogP contribution in [0, 0.1) is 0 Å². The molecule has 1 atom stereocenters. The maximum absolute atomic E-state index is 5.99. The molecule has 1 unspecified atom stereocenters. The predicted octanol–water partition coefficient (Wildman–Crippen LogP) is 1.85. The van der Waals surface area contributed by atoms with Gasteiger partial charge in [-0.2, -0.15) is 0 Å². The molecular weight excluding hydrogens is 250 g/mol. The number of methoxy groups -OCH3 is 1. The van der Waals surface area contributed by atoms with Crippen LogP contribution < -0.4 is 10.5 Å². The van der Waals surface area contributed by atoms with Crippen molar-refractivity contribution in [1.82, 2.24) is 9.80 Å². The van der Waals surface area contributed by atoms with Gasteiger partial charge in [0.1, 0.15) is 5.75 Å². The number of hydrogen-bond donors (Lipinski definition) is 1. The third-order valence-electron chi connectivity index (χ3n) is 4.07. The summed E-state index contributed by atoms with van der Waals surface area (Å²) in [6, 6.07) is 6.65. The Bertz CT molecular complexity index is 434. The highest BCUT2D eigenvalue weighted by Gasteiger charge is 2.30. The molecule has 112 valence electrons. The van der Waals surface area contributed by atoms with Crippen molar-refractivity contribution in [1.29, 1.82) is 0 Å². The first kappa shape index (κ1) is 15.3. The van der Waals surface area contributed by atoms with Crippen LogP contribution in [-0.2, 0) is 6.54 Å². The fraction of sp³-hybridized carbons (Fsp3) is 0.625. The molecule has 0 spiro atoms. The van der Waals surface area contributed by atoms with Crippen LogP contribution in [-0.4, -0.2) is 50.6 Å². The van der Waals surface area contributed by atoms with Gasteiger partial charge in [0.2, 0.25) is 0 Å². The first-order valence-electron chi connectivity index (χ1n) is 7.42. The zero-order valence-corrected chi connectivity index (χ0v) is 12.9. The number of ether oxygens (including phenoxy) is 1. The number of nitrogens with zero attached hydrogens (tertiary/aromatic N) is 2. The highest BCUT2D eigenvalue weighted by molar-refractivity contribution is 5.44. The van der Waals surface area contributed by atoms with E-state index >= 15 is 0 Å². The molecule has 4 nitrogen and oxygen atoms in total. The summed E-state index contributed by atoms with van der Waals surface area (Å²) in [5, 5.41) is 0. The van der Waals surface area contributed by atoms with Gasteiger partial charge in [-0.15, -0.1) is 0 Å². The van der Waals surface area contributed by atoms with Crippen LogP contribution in [0.2, 0.25) is 0 Å². The fourth-order valence-electron chi connectivity index (χ4n) is 3.02. The van der Waals surface area contributed by atoms with Crippen molar-refractivity contribution >= 4 is 0 Å². The molecule has 2 N–H and O–H groups in total. The Kier molecular flexibility index (Phi) is 5.40. The summed E-state index contributed by atoms with van der Waals surface area (Å²) >= 11 is 0. The number of rotatable bonds is 7. The molecule has 20 heavy (non-hydrogen) atoms. The fourth-order valence-corrected chi connectivity index (χ4v) is 3.02. The first-order chi connectivity index (χ1) is 9.67. The van der Waals surface area contributed by atoms with Crippen molar-refractivity contribution < 1.29 is 4.74 Å². The molecule has 0 amide bonds. The van der Waals surface area contributed by atoms with Gasteiger partial charge in [-0.1, -0.05) is 12.1 Å². The summed E-state index contributed by atoms with van der Waals surface area (Å²) in [6.45, 7) is 3.89. The van der Waals surface area contributed by atoms with Gasteiger partial charge in [-0.25, -0.2) is 0 Å². The normalized spacial score (nSPS) is 18.6. The van der Waals surface area contributed by atoms with Gasteiger partial charge in [-0.3, -0.25) is 4.90 Å². The standard InChI is InChI=1S/C16H27N3O/c1-18(2)9-4-5-10-19-12-14-13(15(19)11-17)7-6-8-16(14)20-3/h6-8,15H,4-5,9-12,17H2,1-3H3. The molecule has 1 aromatic carbocycles. The Morgan fingerprint density at radius 3 is 2.80 bits per heavy atom. The van der Waals surface area contributed by atoms with Crippen molar-refractivity contribution in [3.63, 3.8) is 0 Å². The van der Waals surface area contributed by atoms with E-state index in [4.69, 9.17) is 10.5 Å². The summed E-state index contributed by atoms with van der Waals surface area (Å²) in [4.78, 5) is 4.73. The van der Waals surface area contributed by atoms with Crippen molar-refractivity contribution in [3.05, 3.63) is 29.3 Å². The SMILES string of the molecule is COc1cccc2c1CN(CCCCN(C)C)C2CN. The van der Waals surface area contributed by atoms with Crippen molar-refractivity contribution in [2.45, 2.75) is 25.4 Å². The van der Waals surface area contributed by atoms with Crippen molar-refractivity contribution in [3.8, 4) is 5.75 Å². The van der Waals surface area contributed by atoms with Crippen LogP contribution in [0.4, 0.5) is 0 Å². The number of nitrogens with two attached hydrogens (primary N) is 1. The summed E-state index contributed by atoms with van der Waals surface area (Å²) < 4.78 is 5.48. The van der Waals surface area contributed by atoms with Crippen molar-refractivity contribution in [2.24, 2.45) is 5.73 Å². The first-order valence-corrected chi connectivity index (χ1v) is 7.42. The largest absolute Gasteiger partial charge is 0.496 e. The average molecular weight is 277 g/mol. The molecular formula is C16H27N3O. The van der Waals surface area contributed by atoms with E-state index < -0.39 is 0 Å². The maximum Gasteiger partial charge on any atom is 0.123 e. The molecule has 1 aromatic rings. The van der Waals surface area contributed by atoms with Crippen LogP contribution in [0.25, 0.3) is 0 Å². The lowest BCUT2D eigenvalue weighted by Crippen LogP contribution is -2.29. The molecule has 1 aliphatic heterocycles. The number of hydrogen-bond acceptors (Lipinski definition) is 4. The van der Waals surface area contributed by atoms with Gasteiger partial charge in [0.25, 0.3) is 0 Å². The Hall–Kier alpha value is -1.10. The zero-order chi connectivity index (χ0) is 14.5. The predicted molar refractivity (Wildman–Crippen MR) is 83.0 cm³/mol. The molecule has 0 aromatic heterocycles. The Labute approximate surface area is 122 Å². The third kappa shape index (κ3) is 3.32. The number of unbranched alkanes of at least 4 members (excludes halogenated alkanes) is 1. The number of benzene rings is 1. The smallest absolute Gasteiger partial charge is 0.123 e. The second kappa shape index (κ2) is 7.07. The van der Waals surface area contributed by atoms with E-state index in [2.05, 4.69) is 36.0 Å². The second-order valence-corrected chi connectivity index (χ2v) is 5.76. The average Bonchev–Trinajstić information content (AvgIpc) is 2.80. The molecule has 1 aliphatic rings. The zero-order valence-electron chi connectivity index (χ0n) is 12.9. The summed E-state index contributed by atoms with van der Waals surface area (Å²) in [6.07, 6.45) is 2.44. The van der Waals surface area contributed by atoms with Gasteiger partial charge in [0.15, 0.2) is 0 Å². The Morgan fingerprint density at radius 2 is 2.15 bits per heavy atom. The van der Waals surface area contributed by atoms with E-state index in [9.17, 15) is 0 Å². The van der Waals surface area contributed by atoms with E-state index in [0.29, 0.717) is 12.6 Å². The molecule has 0 bridgehead atoms. The highest BCUT2D eigenvalue weighted by atomic mass is 16.5. The second-order valence-electron chi connectivity index (χ2n) is 5.76. The number of fused-ring (bicyclic) bond motifs is 1. The minimum absolute atomic E-state index is 0.347. The van der Waals surface area contributed by atoms with Gasteiger partial charge in [-0.05, 0) is 51.7 Å². The van der Waals surface area contributed by atoms with E-state index in [1.165, 1.54) is 24.0 Å². The molecule has 2 rings (SSSR count). The minimum atomic E-state index is 0.347. The quantitative estimate of drug-likeness (QED) is 0.772. The lowest BCUT2D eigenvalue weighted by molar-refractivity contribution is 0.211. The van der Waals surface area contributed by atoms with Gasteiger partial charge >= 0.3 is 0 Å². The minimum Gasteiger partial charge on any atom is -0.496 e. The summed E-state index contributed by atoms with van der Waals surface area (Å²) in [7, 11) is 5.99. The van der Waals surface area contributed by atoms with Crippen LogP contribution in [0.1, 0.15) is 30.0 Å². The molecule has 0 saturated carbocycles. The Morgan fingerprint density at radius 1 is 1.35 bits per heavy atom. The van der Waals surface area contributed by atoms with E-state index in [1.807, 2.05) is 6.07 Å². The summed E-state index contributed by atoms with van der Waals surface area (Å²) in [5.74, 6) is 0.997. The van der Waals surface area contributed by atoms with Gasteiger partial charge in [0, 0.05) is 24.7 Å². The van der Waals surface area contributed by atoms with Crippen LogP contribution in [0.15, 0.2) is 18.2 Å².